The fourth-order valence-electron chi connectivity index (χ4n) is 2.65. The van der Waals surface area contributed by atoms with Crippen molar-refractivity contribution in [2.75, 3.05) is 26.2 Å². The summed E-state index contributed by atoms with van der Waals surface area (Å²) < 4.78 is 0. The number of nitro groups is 1. The van der Waals surface area contributed by atoms with Gasteiger partial charge >= 0.3 is 0 Å². The van der Waals surface area contributed by atoms with Gasteiger partial charge in [0.1, 0.15) is 0 Å². The number of piperazine rings is 1. The van der Waals surface area contributed by atoms with Gasteiger partial charge in [-0.05, 0) is 18.4 Å². The minimum absolute atomic E-state index is 0.188. The number of hydrogen-bond donors (Lipinski definition) is 1. The molecule has 1 fully saturated rings. The number of nitro benzene ring substituents is 1. The molecule has 1 N–H and O–H groups in total. The molecule has 1 aliphatic heterocycles. The zero-order chi connectivity index (χ0) is 13.7. The summed E-state index contributed by atoms with van der Waals surface area (Å²) >= 11 is 0. The summed E-state index contributed by atoms with van der Waals surface area (Å²) in [7, 11) is 0. The van der Waals surface area contributed by atoms with Crippen molar-refractivity contribution in [1.29, 1.82) is 0 Å². The molecular formula is C14H21N3O2. The van der Waals surface area contributed by atoms with E-state index in [2.05, 4.69) is 17.1 Å². The first-order valence-electron chi connectivity index (χ1n) is 6.89. The maximum atomic E-state index is 10.8. The zero-order valence-electron chi connectivity index (χ0n) is 11.3. The fraction of sp³-hybridized carbons (Fsp3) is 0.571. The van der Waals surface area contributed by atoms with Crippen LogP contribution in [0.3, 0.4) is 0 Å². The molecule has 2 rings (SSSR count). The van der Waals surface area contributed by atoms with Gasteiger partial charge in [-0.2, -0.15) is 0 Å². The Kier molecular flexibility index (Phi) is 4.87. The Morgan fingerprint density at radius 2 is 2.16 bits per heavy atom. The average molecular weight is 263 g/mol. The van der Waals surface area contributed by atoms with Crippen molar-refractivity contribution in [2.45, 2.75) is 25.8 Å². The molecule has 1 aliphatic rings. The summed E-state index contributed by atoms with van der Waals surface area (Å²) in [6.07, 6.45) is 1.96. The van der Waals surface area contributed by atoms with Crippen molar-refractivity contribution < 1.29 is 4.92 Å². The van der Waals surface area contributed by atoms with Crippen molar-refractivity contribution in [1.82, 2.24) is 10.2 Å². The normalized spacial score (nSPS) is 18.2. The lowest BCUT2D eigenvalue weighted by atomic mass is 10.0. The molecule has 0 amide bonds. The highest BCUT2D eigenvalue weighted by Crippen LogP contribution is 2.17. The van der Waals surface area contributed by atoms with Crippen molar-refractivity contribution in [2.24, 2.45) is 0 Å². The second-order valence-electron chi connectivity index (χ2n) is 4.98. The van der Waals surface area contributed by atoms with Crippen LogP contribution in [0.15, 0.2) is 24.3 Å². The monoisotopic (exact) mass is 263 g/mol. The van der Waals surface area contributed by atoms with E-state index in [0.717, 1.165) is 44.6 Å². The van der Waals surface area contributed by atoms with Gasteiger partial charge in [0.15, 0.2) is 0 Å². The molecule has 0 radical (unpaired) electrons. The third-order valence-electron chi connectivity index (χ3n) is 3.73. The summed E-state index contributed by atoms with van der Waals surface area (Å²) in [6.45, 7) is 6.38. The lowest BCUT2D eigenvalue weighted by Crippen LogP contribution is -2.48. The minimum atomic E-state index is -0.324. The van der Waals surface area contributed by atoms with Crippen LogP contribution >= 0.6 is 0 Å². The fourth-order valence-corrected chi connectivity index (χ4v) is 2.65. The Hall–Kier alpha value is -1.46. The highest BCUT2D eigenvalue weighted by atomic mass is 16.6. The standard InChI is InChI=1S/C14H21N3O2/c1-2-13(16-8-6-15-7-9-16)10-12-4-3-5-14(11-12)17(18)19/h3-5,11,13,15H,2,6-10H2,1H3. The van der Waals surface area contributed by atoms with Crippen LogP contribution in [0.1, 0.15) is 18.9 Å². The van der Waals surface area contributed by atoms with E-state index in [0.29, 0.717) is 6.04 Å². The van der Waals surface area contributed by atoms with E-state index in [4.69, 9.17) is 0 Å². The molecule has 0 saturated carbocycles. The Morgan fingerprint density at radius 1 is 1.42 bits per heavy atom. The molecule has 1 atom stereocenters. The molecule has 0 bridgehead atoms. The predicted molar refractivity (Wildman–Crippen MR) is 75.3 cm³/mol. The van der Waals surface area contributed by atoms with E-state index in [1.807, 2.05) is 6.07 Å². The van der Waals surface area contributed by atoms with Crippen molar-refractivity contribution in [3.63, 3.8) is 0 Å². The van der Waals surface area contributed by atoms with Gasteiger partial charge in [0, 0.05) is 44.4 Å². The van der Waals surface area contributed by atoms with Gasteiger partial charge in [0.05, 0.1) is 4.92 Å². The quantitative estimate of drug-likeness (QED) is 0.650. The first-order chi connectivity index (χ1) is 9.20. The van der Waals surface area contributed by atoms with Crippen LogP contribution in [-0.4, -0.2) is 42.0 Å². The van der Waals surface area contributed by atoms with Crippen LogP contribution in [0.5, 0.6) is 0 Å². The van der Waals surface area contributed by atoms with E-state index in [1.54, 1.807) is 18.2 Å². The Labute approximate surface area is 113 Å². The molecule has 0 aromatic heterocycles. The first-order valence-corrected chi connectivity index (χ1v) is 6.89. The maximum Gasteiger partial charge on any atom is 0.269 e. The summed E-state index contributed by atoms with van der Waals surface area (Å²) in [4.78, 5) is 13.0. The second-order valence-corrected chi connectivity index (χ2v) is 4.98. The number of hydrogen-bond acceptors (Lipinski definition) is 4. The third kappa shape index (κ3) is 3.75. The molecule has 0 aliphatic carbocycles. The molecule has 1 aromatic rings. The van der Waals surface area contributed by atoms with E-state index in [9.17, 15) is 10.1 Å². The van der Waals surface area contributed by atoms with Crippen LogP contribution in [-0.2, 0) is 6.42 Å². The average Bonchev–Trinajstić information content (AvgIpc) is 2.46. The first kappa shape index (κ1) is 14.0. The predicted octanol–water partition coefficient (Wildman–Crippen LogP) is 1.82. The Balaban J connectivity index is 2.04. The molecule has 1 heterocycles. The molecule has 1 unspecified atom stereocenters. The van der Waals surface area contributed by atoms with Crippen LogP contribution in [0, 0.1) is 10.1 Å². The minimum Gasteiger partial charge on any atom is -0.314 e. The largest absolute Gasteiger partial charge is 0.314 e. The topological polar surface area (TPSA) is 58.4 Å². The van der Waals surface area contributed by atoms with Gasteiger partial charge in [0.25, 0.3) is 5.69 Å². The smallest absolute Gasteiger partial charge is 0.269 e. The number of non-ortho nitro benzene ring substituents is 1. The summed E-state index contributed by atoms with van der Waals surface area (Å²) in [6, 6.07) is 7.49. The van der Waals surface area contributed by atoms with E-state index < -0.39 is 0 Å². The molecule has 1 aromatic carbocycles. The van der Waals surface area contributed by atoms with Crippen molar-refractivity contribution >= 4 is 5.69 Å². The molecular weight excluding hydrogens is 242 g/mol. The van der Waals surface area contributed by atoms with Gasteiger partial charge in [-0.15, -0.1) is 0 Å². The summed E-state index contributed by atoms with van der Waals surface area (Å²) in [5.41, 5.74) is 1.24. The van der Waals surface area contributed by atoms with Gasteiger partial charge in [0.2, 0.25) is 0 Å². The van der Waals surface area contributed by atoms with E-state index in [1.165, 1.54) is 0 Å². The Bertz CT molecular complexity index is 430. The molecule has 5 nitrogen and oxygen atoms in total. The lowest BCUT2D eigenvalue weighted by Gasteiger charge is -2.34. The van der Waals surface area contributed by atoms with Crippen LogP contribution in [0.25, 0.3) is 0 Å². The molecule has 0 spiro atoms. The number of nitrogens with one attached hydrogen (secondary N) is 1. The molecule has 104 valence electrons. The van der Waals surface area contributed by atoms with E-state index in [-0.39, 0.29) is 10.6 Å². The van der Waals surface area contributed by atoms with E-state index >= 15 is 0 Å². The van der Waals surface area contributed by atoms with Crippen molar-refractivity contribution in [3.05, 3.63) is 39.9 Å². The number of rotatable bonds is 5. The number of nitrogens with zero attached hydrogens (tertiary/aromatic N) is 2. The second kappa shape index (κ2) is 6.63. The van der Waals surface area contributed by atoms with Crippen molar-refractivity contribution in [3.8, 4) is 0 Å². The highest BCUT2D eigenvalue weighted by Gasteiger charge is 2.19. The third-order valence-corrected chi connectivity index (χ3v) is 3.73. The van der Waals surface area contributed by atoms with Crippen LogP contribution in [0.2, 0.25) is 0 Å². The van der Waals surface area contributed by atoms with Gasteiger partial charge < -0.3 is 5.32 Å². The van der Waals surface area contributed by atoms with Gasteiger partial charge in [-0.3, -0.25) is 15.0 Å². The van der Waals surface area contributed by atoms with Crippen LogP contribution < -0.4 is 5.32 Å². The Morgan fingerprint density at radius 3 is 2.79 bits per heavy atom. The maximum absolute atomic E-state index is 10.8. The molecule has 19 heavy (non-hydrogen) atoms. The lowest BCUT2D eigenvalue weighted by molar-refractivity contribution is -0.384. The van der Waals surface area contributed by atoms with Gasteiger partial charge in [-0.25, -0.2) is 0 Å². The summed E-state index contributed by atoms with van der Waals surface area (Å²) in [5.74, 6) is 0. The van der Waals surface area contributed by atoms with Gasteiger partial charge in [-0.1, -0.05) is 19.1 Å². The van der Waals surface area contributed by atoms with Crippen LogP contribution in [0.4, 0.5) is 5.69 Å². The SMILES string of the molecule is CCC(Cc1cccc([N+](=O)[O-])c1)N1CCNCC1. The molecule has 5 heteroatoms. The highest BCUT2D eigenvalue weighted by molar-refractivity contribution is 5.34. The summed E-state index contributed by atoms with van der Waals surface area (Å²) in [5, 5.41) is 14.1. The molecule has 1 saturated heterocycles. The number of benzene rings is 1. The zero-order valence-corrected chi connectivity index (χ0v) is 11.3.